The summed E-state index contributed by atoms with van der Waals surface area (Å²) in [4.78, 5) is 2.46. The summed E-state index contributed by atoms with van der Waals surface area (Å²) in [6.45, 7) is 5.77. The van der Waals surface area contributed by atoms with E-state index in [-0.39, 0.29) is 0 Å². The van der Waals surface area contributed by atoms with Crippen LogP contribution in [-0.4, -0.2) is 36.2 Å². The minimum Gasteiger partial charge on any atom is -0.493 e. The number of hydrogen-bond acceptors (Lipinski definition) is 3. The maximum atomic E-state index is 10.5. The molecular weight excluding hydrogens is 286 g/mol. The minimum atomic E-state index is -0.520. The molecule has 1 unspecified atom stereocenters. The molecule has 1 N–H and O–H groups in total. The van der Waals surface area contributed by atoms with E-state index in [9.17, 15) is 5.11 Å². The topological polar surface area (TPSA) is 32.7 Å². The highest BCUT2D eigenvalue weighted by Gasteiger charge is 2.16. The van der Waals surface area contributed by atoms with E-state index < -0.39 is 6.10 Å². The molecule has 2 rings (SSSR count). The number of benzene rings is 1. The Bertz CT molecular complexity index is 431. The Hall–Kier alpha value is -0.770. The molecule has 4 heteroatoms. The number of hydrogen-bond donors (Lipinski definition) is 1. The highest BCUT2D eigenvalue weighted by Crippen LogP contribution is 2.30. The molecule has 1 aromatic carbocycles. The van der Waals surface area contributed by atoms with Gasteiger partial charge in [-0.25, -0.2) is 0 Å². The quantitative estimate of drug-likeness (QED) is 0.860. The predicted octanol–water partition coefficient (Wildman–Crippen LogP) is 4.04. The fraction of sp³-hybridized carbons (Fsp3) is 0.647. The SMILES string of the molecule is CCOc1ccc(Cl)cc1C(O)CCN1CCCCCC1. The molecule has 0 spiro atoms. The van der Waals surface area contributed by atoms with E-state index in [4.69, 9.17) is 16.3 Å². The summed E-state index contributed by atoms with van der Waals surface area (Å²) >= 11 is 6.05. The molecule has 118 valence electrons. The van der Waals surface area contributed by atoms with Crippen molar-refractivity contribution in [2.45, 2.75) is 45.1 Å². The first-order valence-electron chi connectivity index (χ1n) is 8.03. The third-order valence-electron chi connectivity index (χ3n) is 4.05. The molecule has 1 heterocycles. The molecule has 0 aliphatic carbocycles. The van der Waals surface area contributed by atoms with Crippen molar-refractivity contribution in [3.8, 4) is 5.75 Å². The summed E-state index contributed by atoms with van der Waals surface area (Å²) in [6, 6.07) is 5.47. The summed E-state index contributed by atoms with van der Waals surface area (Å²) < 4.78 is 5.59. The number of likely N-dealkylation sites (tertiary alicyclic amines) is 1. The Morgan fingerprint density at radius 2 is 1.95 bits per heavy atom. The Morgan fingerprint density at radius 3 is 2.62 bits per heavy atom. The zero-order valence-electron chi connectivity index (χ0n) is 12.9. The van der Waals surface area contributed by atoms with Crippen molar-refractivity contribution in [3.63, 3.8) is 0 Å². The molecule has 1 fully saturated rings. The van der Waals surface area contributed by atoms with Crippen molar-refractivity contribution in [3.05, 3.63) is 28.8 Å². The van der Waals surface area contributed by atoms with E-state index in [0.29, 0.717) is 11.6 Å². The predicted molar refractivity (Wildman–Crippen MR) is 87.1 cm³/mol. The van der Waals surface area contributed by atoms with Gasteiger partial charge >= 0.3 is 0 Å². The van der Waals surface area contributed by atoms with Crippen LogP contribution in [0.4, 0.5) is 0 Å². The Labute approximate surface area is 132 Å². The second kappa shape index (κ2) is 8.62. The van der Waals surface area contributed by atoms with Gasteiger partial charge in [0.15, 0.2) is 0 Å². The fourth-order valence-corrected chi connectivity index (χ4v) is 3.07. The van der Waals surface area contributed by atoms with Crippen LogP contribution in [-0.2, 0) is 0 Å². The number of halogens is 1. The standard InChI is InChI=1S/C17H26ClNO2/c1-2-21-17-8-7-14(18)13-15(17)16(20)9-12-19-10-5-3-4-6-11-19/h7-8,13,16,20H,2-6,9-12H2,1H3. The van der Waals surface area contributed by atoms with Gasteiger partial charge < -0.3 is 14.7 Å². The smallest absolute Gasteiger partial charge is 0.125 e. The van der Waals surface area contributed by atoms with Gasteiger partial charge in [0.05, 0.1) is 12.7 Å². The zero-order valence-corrected chi connectivity index (χ0v) is 13.6. The highest BCUT2D eigenvalue weighted by atomic mass is 35.5. The van der Waals surface area contributed by atoms with Crippen LogP contribution in [0, 0.1) is 0 Å². The van der Waals surface area contributed by atoms with Gasteiger partial charge in [-0.3, -0.25) is 0 Å². The Balaban J connectivity index is 1.95. The fourth-order valence-electron chi connectivity index (χ4n) is 2.89. The summed E-state index contributed by atoms with van der Waals surface area (Å²) in [6.07, 6.45) is 5.42. The molecule has 0 radical (unpaired) electrons. The number of aliphatic hydroxyl groups is 1. The van der Waals surface area contributed by atoms with E-state index in [1.807, 2.05) is 19.1 Å². The molecule has 1 aliphatic rings. The van der Waals surface area contributed by atoms with Gasteiger partial charge in [0.1, 0.15) is 5.75 Å². The molecule has 1 aromatic rings. The monoisotopic (exact) mass is 311 g/mol. The Morgan fingerprint density at radius 1 is 1.24 bits per heavy atom. The number of nitrogens with zero attached hydrogens (tertiary/aromatic N) is 1. The third kappa shape index (κ3) is 5.17. The van der Waals surface area contributed by atoms with Crippen molar-refractivity contribution in [2.24, 2.45) is 0 Å². The number of aliphatic hydroxyl groups excluding tert-OH is 1. The first-order valence-corrected chi connectivity index (χ1v) is 8.41. The second-order valence-electron chi connectivity index (χ2n) is 5.68. The van der Waals surface area contributed by atoms with E-state index in [2.05, 4.69) is 4.90 Å². The molecule has 0 saturated carbocycles. The van der Waals surface area contributed by atoms with Crippen molar-refractivity contribution in [1.29, 1.82) is 0 Å². The second-order valence-corrected chi connectivity index (χ2v) is 6.11. The van der Waals surface area contributed by atoms with Crippen LogP contribution in [0.2, 0.25) is 5.02 Å². The first-order chi connectivity index (χ1) is 10.2. The summed E-state index contributed by atoms with van der Waals surface area (Å²) in [5.74, 6) is 0.741. The number of rotatable bonds is 6. The van der Waals surface area contributed by atoms with Crippen LogP contribution in [0.3, 0.4) is 0 Å². The third-order valence-corrected chi connectivity index (χ3v) is 4.28. The lowest BCUT2D eigenvalue weighted by Gasteiger charge is -2.22. The van der Waals surface area contributed by atoms with Crippen LogP contribution in [0.1, 0.15) is 50.7 Å². The van der Waals surface area contributed by atoms with Crippen molar-refractivity contribution >= 4 is 11.6 Å². The number of ether oxygens (including phenoxy) is 1. The molecule has 3 nitrogen and oxygen atoms in total. The molecule has 0 bridgehead atoms. The Kier molecular flexibility index (Phi) is 6.81. The summed E-state index contributed by atoms with van der Waals surface area (Å²) in [5.41, 5.74) is 0.805. The van der Waals surface area contributed by atoms with Gasteiger partial charge in [0.25, 0.3) is 0 Å². The zero-order chi connectivity index (χ0) is 15.1. The molecular formula is C17H26ClNO2. The summed E-state index contributed by atoms with van der Waals surface area (Å²) in [5, 5.41) is 11.1. The van der Waals surface area contributed by atoms with Gasteiger partial charge in [0, 0.05) is 17.1 Å². The van der Waals surface area contributed by atoms with E-state index in [0.717, 1.165) is 37.4 Å². The molecule has 0 aromatic heterocycles. The van der Waals surface area contributed by atoms with Gasteiger partial charge in [-0.1, -0.05) is 24.4 Å². The van der Waals surface area contributed by atoms with E-state index >= 15 is 0 Å². The highest BCUT2D eigenvalue weighted by molar-refractivity contribution is 6.30. The van der Waals surface area contributed by atoms with Gasteiger partial charge in [-0.05, 0) is 57.5 Å². The van der Waals surface area contributed by atoms with Crippen molar-refractivity contribution < 1.29 is 9.84 Å². The van der Waals surface area contributed by atoms with Gasteiger partial charge in [-0.2, -0.15) is 0 Å². The lowest BCUT2D eigenvalue weighted by Crippen LogP contribution is -2.27. The van der Waals surface area contributed by atoms with Gasteiger partial charge in [-0.15, -0.1) is 0 Å². The van der Waals surface area contributed by atoms with Crippen LogP contribution in [0.25, 0.3) is 0 Å². The first kappa shape index (κ1) is 16.6. The lowest BCUT2D eigenvalue weighted by atomic mass is 10.0. The van der Waals surface area contributed by atoms with Crippen molar-refractivity contribution in [2.75, 3.05) is 26.2 Å². The molecule has 1 atom stereocenters. The molecule has 0 amide bonds. The van der Waals surface area contributed by atoms with Crippen LogP contribution >= 0.6 is 11.6 Å². The largest absolute Gasteiger partial charge is 0.493 e. The van der Waals surface area contributed by atoms with Gasteiger partial charge in [0.2, 0.25) is 0 Å². The molecule has 1 saturated heterocycles. The lowest BCUT2D eigenvalue weighted by molar-refractivity contribution is 0.139. The molecule has 21 heavy (non-hydrogen) atoms. The van der Waals surface area contributed by atoms with E-state index in [1.54, 1.807) is 6.07 Å². The maximum absolute atomic E-state index is 10.5. The average molecular weight is 312 g/mol. The van der Waals surface area contributed by atoms with Crippen LogP contribution < -0.4 is 4.74 Å². The van der Waals surface area contributed by atoms with Crippen LogP contribution in [0.15, 0.2) is 18.2 Å². The molecule has 1 aliphatic heterocycles. The maximum Gasteiger partial charge on any atom is 0.125 e. The average Bonchev–Trinajstić information content (AvgIpc) is 2.75. The van der Waals surface area contributed by atoms with Crippen molar-refractivity contribution in [1.82, 2.24) is 4.90 Å². The summed E-state index contributed by atoms with van der Waals surface area (Å²) in [7, 11) is 0. The van der Waals surface area contributed by atoms with E-state index in [1.165, 1.54) is 25.7 Å². The minimum absolute atomic E-state index is 0.520. The normalized spacial score (nSPS) is 18.2. The van der Waals surface area contributed by atoms with Crippen LogP contribution in [0.5, 0.6) is 5.75 Å².